The van der Waals surface area contributed by atoms with Crippen LogP contribution in [0.3, 0.4) is 0 Å². The summed E-state index contributed by atoms with van der Waals surface area (Å²) in [5.74, 6) is -0.322. The largest absolute Gasteiger partial charge is 0.347 e. The fourth-order valence-electron chi connectivity index (χ4n) is 3.79. The minimum Gasteiger partial charge on any atom is -0.332 e. The van der Waals surface area contributed by atoms with Crippen molar-refractivity contribution >= 4 is 17.6 Å². The summed E-state index contributed by atoms with van der Waals surface area (Å²) in [5.41, 5.74) is 1.02. The van der Waals surface area contributed by atoms with E-state index in [1.807, 2.05) is 17.0 Å². The summed E-state index contributed by atoms with van der Waals surface area (Å²) in [6, 6.07) is 5.20. The number of rotatable bonds is 4. The van der Waals surface area contributed by atoms with Crippen molar-refractivity contribution in [2.45, 2.75) is 44.7 Å². The second-order valence-electron chi connectivity index (χ2n) is 7.15. The Balaban J connectivity index is 1.65. The summed E-state index contributed by atoms with van der Waals surface area (Å²) in [7, 11) is 0. The molecule has 0 bridgehead atoms. The number of aromatic nitrogens is 3. The summed E-state index contributed by atoms with van der Waals surface area (Å²) >= 11 is 0. The molecule has 1 saturated carbocycles. The zero-order chi connectivity index (χ0) is 19.0. The van der Waals surface area contributed by atoms with Crippen LogP contribution in [-0.4, -0.2) is 37.7 Å². The van der Waals surface area contributed by atoms with Crippen LogP contribution in [0.2, 0.25) is 0 Å². The molecule has 3 heterocycles. The summed E-state index contributed by atoms with van der Waals surface area (Å²) in [6.45, 7) is 1.73. The van der Waals surface area contributed by atoms with Crippen LogP contribution >= 0.6 is 0 Å². The smallest absolute Gasteiger partial charge is 0.332 e. The molecule has 2 amide bonds. The van der Waals surface area contributed by atoms with Gasteiger partial charge in [-0.15, -0.1) is 0 Å². The third kappa shape index (κ3) is 3.60. The summed E-state index contributed by atoms with van der Waals surface area (Å²) < 4.78 is 0. The highest BCUT2D eigenvalue weighted by molar-refractivity contribution is 5.94. The van der Waals surface area contributed by atoms with E-state index in [2.05, 4.69) is 20.3 Å². The molecule has 2 atom stereocenters. The van der Waals surface area contributed by atoms with Gasteiger partial charge in [0.25, 0.3) is 0 Å². The van der Waals surface area contributed by atoms with Gasteiger partial charge in [-0.2, -0.15) is 4.98 Å². The number of nitrogens with zero attached hydrogens (tertiary/aromatic N) is 3. The average Bonchev–Trinajstić information content (AvgIpc) is 3.46. The van der Waals surface area contributed by atoms with Crippen molar-refractivity contribution < 1.29 is 9.59 Å². The number of nitrogens with one attached hydrogen (secondary N) is 2. The van der Waals surface area contributed by atoms with Crippen molar-refractivity contribution in [1.29, 1.82) is 0 Å². The number of aryl methyl sites for hydroxylation is 1. The van der Waals surface area contributed by atoms with Crippen molar-refractivity contribution in [1.82, 2.24) is 19.9 Å². The van der Waals surface area contributed by atoms with Gasteiger partial charge in [0.15, 0.2) is 0 Å². The van der Waals surface area contributed by atoms with Crippen molar-refractivity contribution in [3.8, 4) is 0 Å². The second-order valence-corrected chi connectivity index (χ2v) is 7.15. The predicted molar refractivity (Wildman–Crippen MR) is 97.8 cm³/mol. The first kappa shape index (κ1) is 17.4. The molecule has 0 unspecified atom stereocenters. The van der Waals surface area contributed by atoms with Gasteiger partial charge in [-0.25, -0.2) is 4.79 Å². The topological polar surface area (TPSA) is 108 Å². The van der Waals surface area contributed by atoms with E-state index in [0.717, 1.165) is 18.4 Å². The zero-order valence-corrected chi connectivity index (χ0v) is 15.0. The maximum Gasteiger partial charge on any atom is 0.347 e. The molecule has 2 aliphatic rings. The van der Waals surface area contributed by atoms with E-state index in [-0.39, 0.29) is 29.7 Å². The number of pyridine rings is 1. The number of anilines is 1. The molecular formula is C19H21N5O3. The summed E-state index contributed by atoms with van der Waals surface area (Å²) in [4.78, 5) is 49.5. The molecule has 4 rings (SSSR count). The third-order valence-electron chi connectivity index (χ3n) is 5.09. The fraction of sp³-hybridized carbons (Fsp3) is 0.421. The van der Waals surface area contributed by atoms with Crippen LogP contribution in [0.1, 0.15) is 43.0 Å². The normalized spacial score (nSPS) is 22.6. The summed E-state index contributed by atoms with van der Waals surface area (Å²) in [5, 5.41) is 2.76. The molecule has 2 aromatic heterocycles. The molecule has 27 heavy (non-hydrogen) atoms. The standard InChI is InChI=1S/C19H21N5O3/c1-11-10-15(23-19(27)21-11)22-18(26)14-4-5-16(25)24(13-2-3-13)17(14)12-6-8-20-9-7-12/h6-10,13-14,17H,2-5H2,1H3,(H2,21,22,23,26,27)/t14-,17+/m0/s1. The number of amides is 2. The lowest BCUT2D eigenvalue weighted by atomic mass is 9.83. The molecule has 2 N–H and O–H groups in total. The van der Waals surface area contributed by atoms with Crippen molar-refractivity contribution in [3.63, 3.8) is 0 Å². The minimum absolute atomic E-state index is 0.0912. The van der Waals surface area contributed by atoms with E-state index in [9.17, 15) is 14.4 Å². The second kappa shape index (κ2) is 6.94. The Morgan fingerprint density at radius 3 is 2.63 bits per heavy atom. The number of aromatic amines is 1. The number of H-pyrrole nitrogens is 1. The van der Waals surface area contributed by atoms with Crippen LogP contribution in [0.25, 0.3) is 0 Å². The van der Waals surface area contributed by atoms with E-state index < -0.39 is 11.6 Å². The van der Waals surface area contributed by atoms with E-state index in [4.69, 9.17) is 0 Å². The SMILES string of the molecule is Cc1cc(NC(=O)[C@H]2CCC(=O)N(C3CC3)[C@@H]2c2ccncc2)nc(=O)[nH]1. The molecule has 0 radical (unpaired) electrons. The van der Waals surface area contributed by atoms with Gasteiger partial charge in [-0.1, -0.05) is 0 Å². The zero-order valence-electron chi connectivity index (χ0n) is 15.0. The van der Waals surface area contributed by atoms with Crippen molar-refractivity contribution in [2.75, 3.05) is 5.32 Å². The lowest BCUT2D eigenvalue weighted by Gasteiger charge is -2.41. The van der Waals surface area contributed by atoms with E-state index in [1.165, 1.54) is 0 Å². The van der Waals surface area contributed by atoms with Crippen LogP contribution in [0.15, 0.2) is 35.4 Å². The van der Waals surface area contributed by atoms with Crippen molar-refractivity contribution in [2.24, 2.45) is 5.92 Å². The van der Waals surface area contributed by atoms with Gasteiger partial charge in [-0.05, 0) is 43.9 Å². The van der Waals surface area contributed by atoms with Gasteiger partial charge in [0.2, 0.25) is 11.8 Å². The Kier molecular flexibility index (Phi) is 4.47. The highest BCUT2D eigenvalue weighted by Gasteiger charge is 2.46. The quantitative estimate of drug-likeness (QED) is 0.852. The third-order valence-corrected chi connectivity index (χ3v) is 5.09. The first-order chi connectivity index (χ1) is 13.0. The first-order valence-electron chi connectivity index (χ1n) is 9.13. The van der Waals surface area contributed by atoms with Gasteiger partial charge >= 0.3 is 5.69 Å². The number of likely N-dealkylation sites (tertiary alicyclic amines) is 1. The summed E-state index contributed by atoms with van der Waals surface area (Å²) in [6.07, 6.45) is 6.10. The number of carbonyl (C=O) groups excluding carboxylic acids is 2. The highest BCUT2D eigenvalue weighted by atomic mass is 16.2. The Morgan fingerprint density at radius 2 is 1.96 bits per heavy atom. The minimum atomic E-state index is -0.505. The molecule has 140 valence electrons. The van der Waals surface area contributed by atoms with Gasteiger partial charge in [-0.3, -0.25) is 14.6 Å². The van der Waals surface area contributed by atoms with E-state index >= 15 is 0 Å². The Labute approximate surface area is 156 Å². The molecule has 1 aliphatic heterocycles. The van der Waals surface area contributed by atoms with Crippen molar-refractivity contribution in [3.05, 3.63) is 52.3 Å². The van der Waals surface area contributed by atoms with E-state index in [1.54, 1.807) is 25.4 Å². The monoisotopic (exact) mass is 367 g/mol. The van der Waals surface area contributed by atoms with Crippen LogP contribution < -0.4 is 11.0 Å². The molecule has 2 aromatic rings. The lowest BCUT2D eigenvalue weighted by molar-refractivity contribution is -0.142. The highest BCUT2D eigenvalue weighted by Crippen LogP contribution is 2.43. The molecule has 8 heteroatoms. The van der Waals surface area contributed by atoms with Gasteiger partial charge in [0.05, 0.1) is 12.0 Å². The van der Waals surface area contributed by atoms with Gasteiger partial charge < -0.3 is 15.2 Å². The Bertz CT molecular complexity index is 922. The van der Waals surface area contributed by atoms with E-state index in [0.29, 0.717) is 18.5 Å². The Morgan fingerprint density at radius 1 is 1.22 bits per heavy atom. The molecule has 0 aromatic carbocycles. The van der Waals surface area contributed by atoms with Crippen LogP contribution in [0.5, 0.6) is 0 Å². The number of carbonyl (C=O) groups is 2. The fourth-order valence-corrected chi connectivity index (χ4v) is 3.79. The maximum absolute atomic E-state index is 13.1. The van der Waals surface area contributed by atoms with Gasteiger partial charge in [0, 0.05) is 36.6 Å². The van der Waals surface area contributed by atoms with Crippen LogP contribution in [0.4, 0.5) is 5.82 Å². The first-order valence-corrected chi connectivity index (χ1v) is 9.13. The lowest BCUT2D eigenvalue weighted by Crippen LogP contribution is -2.47. The number of piperidine rings is 1. The maximum atomic E-state index is 13.1. The number of hydrogen-bond donors (Lipinski definition) is 2. The van der Waals surface area contributed by atoms with Crippen LogP contribution in [-0.2, 0) is 9.59 Å². The Hall–Kier alpha value is -3.03. The average molecular weight is 367 g/mol. The molecule has 1 saturated heterocycles. The molecule has 2 fully saturated rings. The molecule has 0 spiro atoms. The van der Waals surface area contributed by atoms with Crippen LogP contribution in [0, 0.1) is 12.8 Å². The number of hydrogen-bond acceptors (Lipinski definition) is 5. The van der Waals surface area contributed by atoms with Gasteiger partial charge in [0.1, 0.15) is 5.82 Å². The molecular weight excluding hydrogens is 346 g/mol. The predicted octanol–water partition coefficient (Wildman–Crippen LogP) is 1.55. The molecule has 8 nitrogen and oxygen atoms in total. The molecule has 1 aliphatic carbocycles.